The van der Waals surface area contributed by atoms with Crippen molar-refractivity contribution in [3.8, 4) is 0 Å². The lowest BCUT2D eigenvalue weighted by molar-refractivity contribution is -0.148. The molecule has 0 amide bonds. The van der Waals surface area contributed by atoms with Crippen LogP contribution in [0.5, 0.6) is 0 Å². The average molecular weight is 316 g/mol. The van der Waals surface area contributed by atoms with Gasteiger partial charge in [0.05, 0.1) is 6.33 Å². The Kier molecular flexibility index (Phi) is 6.84. The van der Waals surface area contributed by atoms with Crippen molar-refractivity contribution in [3.05, 3.63) is 54.6 Å². The molecule has 0 aliphatic carbocycles. The number of hydrogen-bond donors (Lipinski definition) is 0. The van der Waals surface area contributed by atoms with E-state index >= 15 is 0 Å². The van der Waals surface area contributed by atoms with Gasteiger partial charge in [0, 0.05) is 25.2 Å². The Labute approximate surface area is 135 Å². The number of carbonyl (C=O) groups is 2. The van der Waals surface area contributed by atoms with Crippen LogP contribution in [0.25, 0.3) is 0 Å². The minimum absolute atomic E-state index is 0.165. The molecule has 122 valence electrons. The fraction of sp³-hybridized carbons (Fsp3) is 0.353. The maximum Gasteiger partial charge on any atom is 0.307 e. The molecule has 0 fully saturated rings. The number of rotatable bonds is 9. The van der Waals surface area contributed by atoms with Gasteiger partial charge in [-0.2, -0.15) is 0 Å². The first kappa shape index (κ1) is 16.7. The number of nitrogens with zero attached hydrogens (tertiary/aromatic N) is 2. The van der Waals surface area contributed by atoms with Crippen molar-refractivity contribution in [1.82, 2.24) is 9.55 Å². The Bertz CT molecular complexity index is 596. The molecule has 6 heteroatoms. The van der Waals surface area contributed by atoms with Crippen LogP contribution in [0.2, 0.25) is 0 Å². The summed E-state index contributed by atoms with van der Waals surface area (Å²) in [5.41, 5.74) is 0.962. The number of aromatic nitrogens is 2. The summed E-state index contributed by atoms with van der Waals surface area (Å²) in [5.74, 6) is -0.531. The van der Waals surface area contributed by atoms with Gasteiger partial charge in [0.25, 0.3) is 0 Å². The summed E-state index contributed by atoms with van der Waals surface area (Å²) in [4.78, 5) is 27.0. The lowest BCUT2D eigenvalue weighted by atomic mass is 10.2. The van der Waals surface area contributed by atoms with E-state index in [2.05, 4.69) is 4.98 Å². The molecule has 2 aromatic rings. The Morgan fingerprint density at radius 1 is 1.00 bits per heavy atom. The Balaban J connectivity index is 1.51. The van der Waals surface area contributed by atoms with Crippen molar-refractivity contribution in [1.29, 1.82) is 0 Å². The predicted molar refractivity (Wildman–Crippen MR) is 83.0 cm³/mol. The Morgan fingerprint density at radius 2 is 1.70 bits per heavy atom. The lowest BCUT2D eigenvalue weighted by Gasteiger charge is -2.06. The zero-order chi connectivity index (χ0) is 16.3. The number of benzene rings is 1. The third kappa shape index (κ3) is 6.78. The highest BCUT2D eigenvalue weighted by Gasteiger charge is 2.06. The molecule has 6 nitrogen and oxygen atoms in total. The molecule has 0 spiro atoms. The van der Waals surface area contributed by atoms with Crippen molar-refractivity contribution in [2.24, 2.45) is 0 Å². The molecule has 0 aliphatic heterocycles. The van der Waals surface area contributed by atoms with Crippen LogP contribution in [0.4, 0.5) is 0 Å². The molecule has 1 aromatic carbocycles. The van der Waals surface area contributed by atoms with Gasteiger partial charge in [-0.3, -0.25) is 9.59 Å². The minimum atomic E-state index is -0.281. The molecule has 23 heavy (non-hydrogen) atoms. The Hall–Kier alpha value is -2.63. The summed E-state index contributed by atoms with van der Waals surface area (Å²) < 4.78 is 11.9. The molecule has 2 rings (SSSR count). The fourth-order valence-electron chi connectivity index (χ4n) is 1.93. The number of imidazole rings is 1. The number of ether oxygens (including phenoxy) is 2. The van der Waals surface area contributed by atoms with Crippen molar-refractivity contribution < 1.29 is 19.1 Å². The first-order valence-corrected chi connectivity index (χ1v) is 7.55. The molecule has 0 saturated carbocycles. The van der Waals surface area contributed by atoms with E-state index in [4.69, 9.17) is 9.47 Å². The van der Waals surface area contributed by atoms with Crippen LogP contribution in [-0.4, -0.2) is 21.5 Å². The van der Waals surface area contributed by atoms with Crippen LogP contribution in [-0.2, 0) is 32.4 Å². The summed E-state index contributed by atoms with van der Waals surface area (Å²) in [7, 11) is 0. The minimum Gasteiger partial charge on any atom is -0.461 e. The van der Waals surface area contributed by atoms with Gasteiger partial charge in [-0.05, 0) is 18.4 Å². The predicted octanol–water partition coefficient (Wildman–Crippen LogP) is 2.69. The summed E-state index contributed by atoms with van der Waals surface area (Å²) >= 11 is 0. The molecule has 0 N–H and O–H groups in total. The fourth-order valence-corrected chi connectivity index (χ4v) is 1.93. The second-order valence-electron chi connectivity index (χ2n) is 5.08. The van der Waals surface area contributed by atoms with Crippen molar-refractivity contribution >= 4 is 11.9 Å². The normalized spacial score (nSPS) is 10.3. The van der Waals surface area contributed by atoms with E-state index in [0.29, 0.717) is 25.7 Å². The second kappa shape index (κ2) is 9.40. The lowest BCUT2D eigenvalue weighted by Crippen LogP contribution is -2.09. The van der Waals surface area contributed by atoms with E-state index in [9.17, 15) is 9.59 Å². The average Bonchev–Trinajstić information content (AvgIpc) is 3.09. The maximum absolute atomic E-state index is 11.6. The van der Waals surface area contributed by atoms with E-state index in [0.717, 1.165) is 5.56 Å². The van der Waals surface area contributed by atoms with Gasteiger partial charge in [0.2, 0.25) is 0 Å². The number of hydrogen-bond acceptors (Lipinski definition) is 5. The smallest absolute Gasteiger partial charge is 0.307 e. The molecule has 0 radical (unpaired) electrons. The van der Waals surface area contributed by atoms with Gasteiger partial charge in [-0.25, -0.2) is 4.98 Å². The quantitative estimate of drug-likeness (QED) is 0.525. The van der Waals surface area contributed by atoms with Gasteiger partial charge in [0.15, 0.2) is 6.73 Å². The van der Waals surface area contributed by atoms with Gasteiger partial charge in [-0.15, -0.1) is 0 Å². The van der Waals surface area contributed by atoms with Crippen LogP contribution in [0.15, 0.2) is 49.1 Å². The van der Waals surface area contributed by atoms with Gasteiger partial charge in [0.1, 0.15) is 6.61 Å². The topological polar surface area (TPSA) is 70.4 Å². The van der Waals surface area contributed by atoms with E-state index < -0.39 is 0 Å². The number of carbonyl (C=O) groups excluding carboxylic acids is 2. The van der Waals surface area contributed by atoms with Gasteiger partial charge < -0.3 is 14.0 Å². The molecular formula is C17H20N2O4. The molecule has 0 bridgehead atoms. The third-order valence-electron chi connectivity index (χ3n) is 3.19. The van der Waals surface area contributed by atoms with Crippen molar-refractivity contribution in [2.45, 2.75) is 39.0 Å². The molecule has 1 aromatic heterocycles. The highest BCUT2D eigenvalue weighted by molar-refractivity contribution is 5.70. The monoisotopic (exact) mass is 316 g/mol. The molecule has 0 aliphatic rings. The summed E-state index contributed by atoms with van der Waals surface area (Å²) in [6, 6.07) is 9.53. The summed E-state index contributed by atoms with van der Waals surface area (Å²) in [6.45, 7) is 0.449. The van der Waals surface area contributed by atoms with Crippen LogP contribution in [0, 0.1) is 0 Å². The molecule has 1 heterocycles. The van der Waals surface area contributed by atoms with Crippen LogP contribution in [0.3, 0.4) is 0 Å². The van der Waals surface area contributed by atoms with Crippen LogP contribution >= 0.6 is 0 Å². The molecule has 0 saturated heterocycles. The summed E-state index contributed by atoms with van der Waals surface area (Å²) in [6.07, 6.45) is 6.72. The van der Waals surface area contributed by atoms with Crippen LogP contribution < -0.4 is 0 Å². The van der Waals surface area contributed by atoms with E-state index in [1.807, 2.05) is 30.3 Å². The van der Waals surface area contributed by atoms with Gasteiger partial charge >= 0.3 is 11.9 Å². The Morgan fingerprint density at radius 3 is 2.35 bits per heavy atom. The first-order chi connectivity index (χ1) is 11.2. The molecule has 0 unspecified atom stereocenters. The maximum atomic E-state index is 11.6. The largest absolute Gasteiger partial charge is 0.461 e. The molecule has 0 atom stereocenters. The number of esters is 2. The highest BCUT2D eigenvalue weighted by Crippen LogP contribution is 2.06. The molecular weight excluding hydrogens is 296 g/mol. The van der Waals surface area contributed by atoms with E-state index in [1.54, 1.807) is 23.3 Å². The number of unbranched alkanes of at least 4 members (excludes halogenated alkanes) is 1. The SMILES string of the molecule is O=C(CCCCC(=O)OCn1ccnc1)OCc1ccccc1. The zero-order valence-corrected chi connectivity index (χ0v) is 12.9. The first-order valence-electron chi connectivity index (χ1n) is 7.55. The summed E-state index contributed by atoms with van der Waals surface area (Å²) in [5, 5.41) is 0. The van der Waals surface area contributed by atoms with Crippen LogP contribution in [0.1, 0.15) is 31.2 Å². The van der Waals surface area contributed by atoms with Gasteiger partial charge in [-0.1, -0.05) is 30.3 Å². The van der Waals surface area contributed by atoms with Crippen molar-refractivity contribution in [3.63, 3.8) is 0 Å². The highest BCUT2D eigenvalue weighted by atomic mass is 16.5. The second-order valence-corrected chi connectivity index (χ2v) is 5.08. The van der Waals surface area contributed by atoms with E-state index in [-0.39, 0.29) is 25.3 Å². The van der Waals surface area contributed by atoms with Crippen molar-refractivity contribution in [2.75, 3.05) is 0 Å². The third-order valence-corrected chi connectivity index (χ3v) is 3.19. The standard InChI is InChI=1S/C17H20N2O4/c20-16(22-12-15-6-2-1-3-7-15)8-4-5-9-17(21)23-14-19-11-10-18-13-19/h1-3,6-7,10-11,13H,4-5,8-9,12,14H2. The van der Waals surface area contributed by atoms with E-state index in [1.165, 1.54) is 0 Å². The zero-order valence-electron chi connectivity index (χ0n) is 12.9.